The average Bonchev–Trinajstić information content (AvgIpc) is 3.17. The molecule has 0 aliphatic carbocycles. The summed E-state index contributed by atoms with van der Waals surface area (Å²) in [5, 5.41) is 3.90. The van der Waals surface area contributed by atoms with Crippen LogP contribution in [0, 0.1) is 5.92 Å². The summed E-state index contributed by atoms with van der Waals surface area (Å²) in [6.45, 7) is 5.89. The Morgan fingerprint density at radius 1 is 1.31 bits per heavy atom. The van der Waals surface area contributed by atoms with Crippen molar-refractivity contribution in [3.63, 3.8) is 0 Å². The van der Waals surface area contributed by atoms with Crippen LogP contribution in [-0.4, -0.2) is 50.1 Å². The molecule has 2 aromatic rings. The number of nitrogens with zero attached hydrogens (tertiary/aromatic N) is 5. The predicted octanol–water partition coefficient (Wildman–Crippen LogP) is 2.47. The molecule has 1 amide bonds. The largest absolute Gasteiger partial charge is 0.368 e. The van der Waals surface area contributed by atoms with E-state index in [2.05, 4.69) is 34.0 Å². The van der Waals surface area contributed by atoms with Gasteiger partial charge < -0.3 is 14.2 Å². The summed E-state index contributed by atoms with van der Waals surface area (Å²) in [5.41, 5.74) is 0.565. The molecule has 26 heavy (non-hydrogen) atoms. The number of hydrogen-bond acceptors (Lipinski definition) is 7. The molecule has 0 bridgehead atoms. The quantitative estimate of drug-likeness (QED) is 0.749. The molecule has 0 radical (unpaired) electrons. The van der Waals surface area contributed by atoms with E-state index in [1.54, 1.807) is 18.6 Å². The maximum atomic E-state index is 12.4. The van der Waals surface area contributed by atoms with Crippen molar-refractivity contribution in [2.45, 2.75) is 52.2 Å². The summed E-state index contributed by atoms with van der Waals surface area (Å²) >= 11 is 0. The maximum Gasteiger partial charge on any atom is 0.253 e. The number of amides is 1. The molecular formula is C18H25N5O3. The first-order chi connectivity index (χ1) is 12.7. The second-order valence-corrected chi connectivity index (χ2v) is 6.45. The van der Waals surface area contributed by atoms with Gasteiger partial charge in [-0.05, 0) is 25.7 Å². The van der Waals surface area contributed by atoms with E-state index >= 15 is 0 Å². The van der Waals surface area contributed by atoms with Crippen LogP contribution in [0.5, 0.6) is 0 Å². The van der Waals surface area contributed by atoms with E-state index in [-0.39, 0.29) is 24.5 Å². The summed E-state index contributed by atoms with van der Waals surface area (Å²) in [6.07, 6.45) is 8.32. The van der Waals surface area contributed by atoms with Crippen molar-refractivity contribution in [3.05, 3.63) is 24.5 Å². The van der Waals surface area contributed by atoms with Gasteiger partial charge in [-0.15, -0.1) is 0 Å². The Balaban J connectivity index is 1.46. The minimum atomic E-state index is 0.104. The molecule has 3 rings (SSSR count). The lowest BCUT2D eigenvalue weighted by Gasteiger charge is -2.33. The van der Waals surface area contributed by atoms with Crippen molar-refractivity contribution in [2.24, 2.45) is 5.92 Å². The van der Waals surface area contributed by atoms with Crippen molar-refractivity contribution in [1.29, 1.82) is 0 Å². The first-order valence-electron chi connectivity index (χ1n) is 9.20. The Kier molecular flexibility index (Phi) is 6.27. The molecule has 0 saturated carbocycles. The summed E-state index contributed by atoms with van der Waals surface area (Å²) in [5.74, 6) is 1.24. The molecule has 1 aliphatic rings. The van der Waals surface area contributed by atoms with Crippen molar-refractivity contribution in [1.82, 2.24) is 25.0 Å². The SMILES string of the molecule is CCC(CC)C(=O)N1CCC(OCc2nc(-c3cnccn3)no2)CC1. The van der Waals surface area contributed by atoms with Gasteiger partial charge in [0.1, 0.15) is 12.3 Å². The van der Waals surface area contributed by atoms with Crippen LogP contribution < -0.4 is 0 Å². The van der Waals surface area contributed by atoms with Crippen molar-refractivity contribution in [2.75, 3.05) is 13.1 Å². The number of carbonyl (C=O) groups excluding carboxylic acids is 1. The molecule has 0 spiro atoms. The molecule has 1 aliphatic heterocycles. The number of rotatable bonds is 7. The number of carbonyl (C=O) groups is 1. The smallest absolute Gasteiger partial charge is 0.253 e. The zero-order valence-corrected chi connectivity index (χ0v) is 15.3. The Bertz CT molecular complexity index is 694. The molecule has 140 valence electrons. The number of piperidine rings is 1. The standard InChI is InChI=1S/C18H25N5O3/c1-3-13(4-2)18(24)23-9-5-14(6-10-23)25-12-16-21-17(22-26-16)15-11-19-7-8-20-15/h7-8,11,13-14H,3-6,9-10,12H2,1-2H3. The summed E-state index contributed by atoms with van der Waals surface area (Å²) < 4.78 is 11.1. The first kappa shape index (κ1) is 18.4. The highest BCUT2D eigenvalue weighted by Crippen LogP contribution is 2.20. The van der Waals surface area contributed by atoms with Crippen LogP contribution in [0.25, 0.3) is 11.5 Å². The van der Waals surface area contributed by atoms with Gasteiger partial charge in [-0.2, -0.15) is 4.98 Å². The highest BCUT2D eigenvalue weighted by Gasteiger charge is 2.27. The normalized spacial score (nSPS) is 15.6. The number of hydrogen-bond donors (Lipinski definition) is 0. The second kappa shape index (κ2) is 8.84. The maximum absolute atomic E-state index is 12.4. The Morgan fingerprint density at radius 3 is 2.73 bits per heavy atom. The second-order valence-electron chi connectivity index (χ2n) is 6.45. The lowest BCUT2D eigenvalue weighted by molar-refractivity contribution is -0.138. The minimum Gasteiger partial charge on any atom is -0.368 e. The zero-order chi connectivity index (χ0) is 18.4. The molecule has 3 heterocycles. The molecule has 0 unspecified atom stereocenters. The Hall–Kier alpha value is -2.35. The van der Waals surface area contributed by atoms with Gasteiger partial charge in [0.2, 0.25) is 11.7 Å². The summed E-state index contributed by atoms with van der Waals surface area (Å²) in [7, 11) is 0. The van der Waals surface area contributed by atoms with E-state index in [1.165, 1.54) is 0 Å². The molecule has 8 nitrogen and oxygen atoms in total. The Morgan fingerprint density at radius 2 is 2.08 bits per heavy atom. The average molecular weight is 359 g/mol. The van der Waals surface area contributed by atoms with E-state index < -0.39 is 0 Å². The van der Waals surface area contributed by atoms with Gasteiger partial charge in [0, 0.05) is 31.4 Å². The zero-order valence-electron chi connectivity index (χ0n) is 15.3. The lowest BCUT2D eigenvalue weighted by atomic mass is 9.99. The van der Waals surface area contributed by atoms with Crippen LogP contribution >= 0.6 is 0 Å². The number of aromatic nitrogens is 4. The highest BCUT2D eigenvalue weighted by atomic mass is 16.5. The molecule has 1 saturated heterocycles. The molecule has 8 heteroatoms. The van der Waals surface area contributed by atoms with Crippen LogP contribution in [-0.2, 0) is 16.1 Å². The van der Waals surface area contributed by atoms with Crippen LogP contribution in [0.2, 0.25) is 0 Å². The van der Waals surface area contributed by atoms with Crippen LogP contribution in [0.1, 0.15) is 45.4 Å². The van der Waals surface area contributed by atoms with Gasteiger partial charge in [0.25, 0.3) is 5.89 Å². The number of ether oxygens (including phenoxy) is 1. The van der Waals surface area contributed by atoms with Crippen molar-refractivity contribution >= 4 is 5.91 Å². The predicted molar refractivity (Wildman–Crippen MR) is 93.8 cm³/mol. The molecule has 2 aromatic heterocycles. The number of likely N-dealkylation sites (tertiary alicyclic amines) is 1. The minimum absolute atomic E-state index is 0.104. The highest BCUT2D eigenvalue weighted by molar-refractivity contribution is 5.78. The fourth-order valence-electron chi connectivity index (χ4n) is 3.16. The van der Waals surface area contributed by atoms with Crippen molar-refractivity contribution in [3.8, 4) is 11.5 Å². The summed E-state index contributed by atoms with van der Waals surface area (Å²) in [4.78, 5) is 26.8. The molecule has 0 aromatic carbocycles. The van der Waals surface area contributed by atoms with E-state index in [9.17, 15) is 4.79 Å². The Labute approximate surface area is 153 Å². The lowest BCUT2D eigenvalue weighted by Crippen LogP contribution is -2.43. The van der Waals surface area contributed by atoms with E-state index in [4.69, 9.17) is 9.26 Å². The van der Waals surface area contributed by atoms with E-state index in [0.29, 0.717) is 17.4 Å². The molecule has 0 atom stereocenters. The van der Waals surface area contributed by atoms with Crippen LogP contribution in [0.15, 0.2) is 23.1 Å². The molecule has 1 fully saturated rings. The first-order valence-corrected chi connectivity index (χ1v) is 9.20. The molecular weight excluding hydrogens is 334 g/mol. The molecule has 0 N–H and O–H groups in total. The van der Waals surface area contributed by atoms with Gasteiger partial charge in [-0.1, -0.05) is 19.0 Å². The van der Waals surface area contributed by atoms with Gasteiger partial charge in [-0.25, -0.2) is 4.98 Å². The van der Waals surface area contributed by atoms with E-state index in [0.717, 1.165) is 38.8 Å². The monoisotopic (exact) mass is 359 g/mol. The van der Waals surface area contributed by atoms with Gasteiger partial charge in [0.15, 0.2) is 0 Å². The van der Waals surface area contributed by atoms with E-state index in [1.807, 2.05) is 4.90 Å². The fraction of sp³-hybridized carbons (Fsp3) is 0.611. The third-order valence-electron chi connectivity index (χ3n) is 4.79. The fourth-order valence-corrected chi connectivity index (χ4v) is 3.16. The van der Waals surface area contributed by atoms with Crippen LogP contribution in [0.3, 0.4) is 0 Å². The van der Waals surface area contributed by atoms with Crippen LogP contribution in [0.4, 0.5) is 0 Å². The van der Waals surface area contributed by atoms with Gasteiger partial charge in [0.05, 0.1) is 12.3 Å². The summed E-state index contributed by atoms with van der Waals surface area (Å²) in [6, 6.07) is 0. The third-order valence-corrected chi connectivity index (χ3v) is 4.79. The van der Waals surface area contributed by atoms with Gasteiger partial charge >= 0.3 is 0 Å². The third kappa shape index (κ3) is 4.43. The van der Waals surface area contributed by atoms with Gasteiger partial charge in [-0.3, -0.25) is 9.78 Å². The topological polar surface area (TPSA) is 94.2 Å². The van der Waals surface area contributed by atoms with Crippen molar-refractivity contribution < 1.29 is 14.1 Å².